The van der Waals surface area contributed by atoms with Gasteiger partial charge in [0.1, 0.15) is 12.4 Å². The third-order valence-corrected chi connectivity index (χ3v) is 7.19. The highest BCUT2D eigenvalue weighted by Gasteiger charge is 2.23. The lowest BCUT2D eigenvalue weighted by atomic mass is 9.82. The number of aromatic nitrogens is 2. The van der Waals surface area contributed by atoms with E-state index < -0.39 is 6.09 Å². The molecule has 4 N–H and O–H groups in total. The van der Waals surface area contributed by atoms with Crippen LogP contribution in [0.4, 0.5) is 10.6 Å². The zero-order valence-electron chi connectivity index (χ0n) is 20.4. The number of amides is 3. The minimum Gasteiger partial charge on any atom is -0.465 e. The van der Waals surface area contributed by atoms with Crippen LogP contribution in [0.3, 0.4) is 0 Å². The molecule has 1 saturated heterocycles. The Morgan fingerprint density at radius 3 is 2.41 bits per heavy atom. The molecule has 1 aromatic carbocycles. The number of carbonyl (C=O) groups is 3. The Labute approximate surface area is 214 Å². The first-order valence-corrected chi connectivity index (χ1v) is 12.6. The van der Waals surface area contributed by atoms with Crippen molar-refractivity contribution in [1.82, 2.24) is 25.9 Å². The summed E-state index contributed by atoms with van der Waals surface area (Å²) >= 11 is 0. The minimum atomic E-state index is -0.981. The molecule has 0 atom stereocenters. The topological polar surface area (TPSA) is 137 Å². The molecule has 2 aromatic heterocycles. The molecule has 1 aliphatic heterocycles. The number of carboxylic acid groups (broad SMARTS) is 1. The number of pyridine rings is 2. The average molecular weight is 503 g/mol. The molecule has 5 rings (SSSR count). The SMILES string of the molecule is O=C(O)NC[C@H]1CC[C@H](CNC(=O)c2cc(-c3ccc(N4CNC(=O)C4)nc3)nc3ccccc23)CC1. The van der Waals surface area contributed by atoms with Gasteiger partial charge in [-0.3, -0.25) is 9.59 Å². The van der Waals surface area contributed by atoms with Gasteiger partial charge in [0, 0.05) is 30.2 Å². The molecule has 3 aromatic rings. The smallest absolute Gasteiger partial charge is 0.404 e. The maximum Gasteiger partial charge on any atom is 0.404 e. The van der Waals surface area contributed by atoms with E-state index in [-0.39, 0.29) is 18.4 Å². The third-order valence-electron chi connectivity index (χ3n) is 7.19. The Bertz CT molecular complexity index is 1300. The van der Waals surface area contributed by atoms with Crippen molar-refractivity contribution in [2.24, 2.45) is 11.8 Å². The van der Waals surface area contributed by atoms with Crippen LogP contribution >= 0.6 is 0 Å². The van der Waals surface area contributed by atoms with Crippen LogP contribution in [0.1, 0.15) is 36.0 Å². The summed E-state index contributed by atoms with van der Waals surface area (Å²) in [6, 6.07) is 13.2. The van der Waals surface area contributed by atoms with Gasteiger partial charge < -0.3 is 26.0 Å². The molecule has 0 spiro atoms. The monoisotopic (exact) mass is 502 g/mol. The fraction of sp³-hybridized carbons (Fsp3) is 0.370. The van der Waals surface area contributed by atoms with Crippen molar-refractivity contribution in [2.45, 2.75) is 25.7 Å². The minimum absolute atomic E-state index is 0.0269. The first-order valence-electron chi connectivity index (χ1n) is 12.6. The molecule has 3 amide bonds. The molecule has 2 fully saturated rings. The van der Waals surface area contributed by atoms with Gasteiger partial charge in [0.2, 0.25) is 5.91 Å². The van der Waals surface area contributed by atoms with Crippen molar-refractivity contribution in [2.75, 3.05) is 31.2 Å². The van der Waals surface area contributed by atoms with Gasteiger partial charge in [-0.05, 0) is 61.8 Å². The number of nitrogens with one attached hydrogen (secondary N) is 3. The zero-order valence-corrected chi connectivity index (χ0v) is 20.4. The Hall–Kier alpha value is -4.21. The summed E-state index contributed by atoms with van der Waals surface area (Å²) in [5, 5.41) is 18.0. The summed E-state index contributed by atoms with van der Waals surface area (Å²) in [6.45, 7) is 1.79. The molecule has 10 nitrogen and oxygen atoms in total. The largest absolute Gasteiger partial charge is 0.465 e. The van der Waals surface area contributed by atoms with Gasteiger partial charge in [0.05, 0.1) is 23.4 Å². The summed E-state index contributed by atoms with van der Waals surface area (Å²) in [5.41, 5.74) is 2.74. The number of hydrogen-bond donors (Lipinski definition) is 4. The Morgan fingerprint density at radius 1 is 1.03 bits per heavy atom. The standard InChI is InChI=1S/C27H30N6O4/c34-25-15-33(16-31-25)24-10-9-19(14-28-24)23-11-21(20-3-1-2-4-22(20)32-23)26(35)29-12-17-5-7-18(8-6-17)13-30-27(36)37/h1-4,9-11,14,17-18,30H,5-8,12-13,15-16H2,(H,29,35)(H,31,34)(H,36,37)/t17-,18-. The number of rotatable bonds is 7. The number of fused-ring (bicyclic) bond motifs is 1. The summed E-state index contributed by atoms with van der Waals surface area (Å²) in [5.74, 6) is 1.27. The highest BCUT2D eigenvalue weighted by atomic mass is 16.4. The van der Waals surface area contributed by atoms with E-state index in [4.69, 9.17) is 10.1 Å². The van der Waals surface area contributed by atoms with Crippen molar-refractivity contribution in [3.63, 3.8) is 0 Å². The van der Waals surface area contributed by atoms with Gasteiger partial charge >= 0.3 is 6.09 Å². The second-order valence-electron chi connectivity index (χ2n) is 9.72. The van der Waals surface area contributed by atoms with Crippen molar-refractivity contribution in [1.29, 1.82) is 0 Å². The molecule has 1 saturated carbocycles. The second kappa shape index (κ2) is 10.8. The number of carbonyl (C=O) groups excluding carboxylic acids is 2. The molecular weight excluding hydrogens is 472 g/mol. The van der Waals surface area contributed by atoms with Gasteiger partial charge in [-0.25, -0.2) is 14.8 Å². The van der Waals surface area contributed by atoms with Crippen LogP contribution in [0.15, 0.2) is 48.7 Å². The van der Waals surface area contributed by atoms with E-state index in [0.717, 1.165) is 42.1 Å². The summed E-state index contributed by atoms with van der Waals surface area (Å²) < 4.78 is 0. The number of para-hydroxylation sites is 1. The molecule has 37 heavy (non-hydrogen) atoms. The van der Waals surface area contributed by atoms with Gasteiger partial charge in [0.15, 0.2) is 0 Å². The van der Waals surface area contributed by atoms with Crippen LogP contribution in [0.5, 0.6) is 0 Å². The van der Waals surface area contributed by atoms with Crippen LogP contribution in [0, 0.1) is 11.8 Å². The van der Waals surface area contributed by atoms with Crippen LogP contribution in [0.2, 0.25) is 0 Å². The normalized spacial score (nSPS) is 19.5. The predicted molar refractivity (Wildman–Crippen MR) is 139 cm³/mol. The molecule has 2 aliphatic rings. The first kappa shape index (κ1) is 24.5. The molecule has 3 heterocycles. The Balaban J connectivity index is 1.28. The number of nitrogens with zero attached hydrogens (tertiary/aromatic N) is 3. The van der Waals surface area contributed by atoms with E-state index >= 15 is 0 Å². The summed E-state index contributed by atoms with van der Waals surface area (Å²) in [7, 11) is 0. The zero-order chi connectivity index (χ0) is 25.8. The van der Waals surface area contributed by atoms with Gasteiger partial charge in [0.25, 0.3) is 5.91 Å². The Morgan fingerprint density at radius 2 is 1.76 bits per heavy atom. The maximum absolute atomic E-state index is 13.3. The van der Waals surface area contributed by atoms with Crippen LogP contribution in [0.25, 0.3) is 22.2 Å². The predicted octanol–water partition coefficient (Wildman–Crippen LogP) is 2.99. The van der Waals surface area contributed by atoms with Gasteiger partial charge in [-0.1, -0.05) is 18.2 Å². The van der Waals surface area contributed by atoms with Crippen LogP contribution in [-0.2, 0) is 4.79 Å². The molecule has 0 radical (unpaired) electrons. The molecule has 0 bridgehead atoms. The van der Waals surface area contributed by atoms with E-state index in [9.17, 15) is 14.4 Å². The molecule has 0 unspecified atom stereocenters. The highest BCUT2D eigenvalue weighted by molar-refractivity contribution is 6.07. The van der Waals surface area contributed by atoms with E-state index in [1.165, 1.54) is 0 Å². The maximum atomic E-state index is 13.3. The number of anilines is 1. The number of hydrogen-bond acceptors (Lipinski definition) is 6. The summed E-state index contributed by atoms with van der Waals surface area (Å²) in [6.07, 6.45) is 4.57. The summed E-state index contributed by atoms with van der Waals surface area (Å²) in [4.78, 5) is 46.7. The van der Waals surface area contributed by atoms with Gasteiger partial charge in [-0.15, -0.1) is 0 Å². The lowest BCUT2D eigenvalue weighted by Gasteiger charge is -2.28. The Kier molecular flexibility index (Phi) is 7.16. The van der Waals surface area contributed by atoms with Gasteiger partial charge in [-0.2, -0.15) is 0 Å². The van der Waals surface area contributed by atoms with E-state index in [2.05, 4.69) is 20.9 Å². The average Bonchev–Trinajstić information content (AvgIpc) is 3.36. The van der Waals surface area contributed by atoms with E-state index in [1.807, 2.05) is 47.4 Å². The quantitative estimate of drug-likeness (QED) is 0.390. The second-order valence-corrected chi connectivity index (χ2v) is 9.72. The molecule has 10 heteroatoms. The van der Waals surface area contributed by atoms with Crippen molar-refractivity contribution >= 4 is 34.6 Å². The highest BCUT2D eigenvalue weighted by Crippen LogP contribution is 2.29. The lowest BCUT2D eigenvalue weighted by molar-refractivity contribution is -0.118. The van der Waals surface area contributed by atoms with Crippen LogP contribution < -0.4 is 20.9 Å². The van der Waals surface area contributed by atoms with E-state index in [1.54, 1.807) is 6.20 Å². The van der Waals surface area contributed by atoms with Crippen molar-refractivity contribution in [3.8, 4) is 11.3 Å². The molecule has 1 aliphatic carbocycles. The number of benzene rings is 1. The first-order chi connectivity index (χ1) is 18.0. The molecule has 192 valence electrons. The fourth-order valence-electron chi connectivity index (χ4n) is 5.07. The van der Waals surface area contributed by atoms with Crippen molar-refractivity contribution < 1.29 is 19.5 Å². The third kappa shape index (κ3) is 5.79. The van der Waals surface area contributed by atoms with E-state index in [0.29, 0.717) is 48.7 Å². The van der Waals surface area contributed by atoms with Crippen LogP contribution in [-0.4, -0.2) is 59.3 Å². The lowest BCUT2D eigenvalue weighted by Crippen LogP contribution is -2.34. The fourth-order valence-corrected chi connectivity index (χ4v) is 5.07. The van der Waals surface area contributed by atoms with Crippen molar-refractivity contribution in [3.05, 3.63) is 54.2 Å². The molecular formula is C27H30N6O4.